The molecular weight excluding hydrogens is 633 g/mol. The Balaban J connectivity index is 3.06. The first kappa shape index (κ1) is 51.2. The predicted molar refractivity (Wildman–Crippen MR) is 235 cm³/mol. The van der Waals surface area contributed by atoms with E-state index < -0.39 is 5.97 Å². The molecule has 2 heteroatoms. The lowest BCUT2D eigenvalue weighted by Gasteiger charge is -2.05. The van der Waals surface area contributed by atoms with E-state index in [1.165, 1.54) is 289 Å². The van der Waals surface area contributed by atoms with E-state index in [9.17, 15) is 4.79 Å². The molecule has 0 radical (unpaired) electrons. The van der Waals surface area contributed by atoms with Gasteiger partial charge in [-0.1, -0.05) is 296 Å². The molecule has 0 aromatic carbocycles. The van der Waals surface area contributed by atoms with Gasteiger partial charge in [-0.25, -0.2) is 4.79 Å². The van der Waals surface area contributed by atoms with Gasteiger partial charge in [0.15, 0.2) is 0 Å². The second kappa shape index (κ2) is 48.2. The third-order valence-electron chi connectivity index (χ3n) is 11.7. The molecule has 0 bridgehead atoms. The van der Waals surface area contributed by atoms with Gasteiger partial charge in [0.25, 0.3) is 0 Å². The highest BCUT2D eigenvalue weighted by atomic mass is 16.4. The minimum absolute atomic E-state index is 0.827. The first-order chi connectivity index (χ1) is 25.8. The molecule has 0 rings (SSSR count). The number of carboxylic acid groups (broad SMARTS) is 1. The van der Waals surface area contributed by atoms with Gasteiger partial charge in [0.05, 0.1) is 0 Å². The van der Waals surface area contributed by atoms with Crippen LogP contribution in [0.3, 0.4) is 0 Å². The van der Waals surface area contributed by atoms with Crippen LogP contribution in [-0.4, -0.2) is 11.1 Å². The standard InChI is InChI=1S/C50H98O2/c1-2-3-4-5-6-7-8-9-10-11-12-13-14-15-16-17-18-19-20-21-22-23-24-25-26-27-28-29-30-31-32-33-34-35-36-37-38-39-40-41-42-43-44-45-46-47-48-49-50(51)52/h48-49H,2-47H2,1H3,(H,51,52). The molecule has 0 spiro atoms. The number of hydrogen-bond acceptors (Lipinski definition) is 1. The van der Waals surface area contributed by atoms with Crippen molar-refractivity contribution in [3.05, 3.63) is 12.2 Å². The van der Waals surface area contributed by atoms with Crippen molar-refractivity contribution in [2.45, 2.75) is 302 Å². The highest BCUT2D eigenvalue weighted by Gasteiger charge is 1.99. The summed E-state index contributed by atoms with van der Waals surface area (Å²) in [4.78, 5) is 10.4. The summed E-state index contributed by atoms with van der Waals surface area (Å²) in [5.74, 6) is -0.827. The van der Waals surface area contributed by atoms with Crippen molar-refractivity contribution < 1.29 is 9.90 Å². The van der Waals surface area contributed by atoms with Crippen molar-refractivity contribution in [3.8, 4) is 0 Å². The summed E-state index contributed by atoms with van der Waals surface area (Å²) in [6, 6.07) is 0. The number of carboxylic acids is 1. The van der Waals surface area contributed by atoms with Crippen molar-refractivity contribution in [2.75, 3.05) is 0 Å². The molecule has 0 fully saturated rings. The molecule has 1 N–H and O–H groups in total. The molecule has 0 aromatic heterocycles. The first-order valence-corrected chi connectivity index (χ1v) is 24.7. The van der Waals surface area contributed by atoms with Gasteiger partial charge in [0.2, 0.25) is 0 Å². The third-order valence-corrected chi connectivity index (χ3v) is 11.7. The zero-order valence-corrected chi connectivity index (χ0v) is 36.0. The third kappa shape index (κ3) is 49.2. The lowest BCUT2D eigenvalue weighted by atomic mass is 10.0. The highest BCUT2D eigenvalue weighted by Crippen LogP contribution is 2.18. The van der Waals surface area contributed by atoms with E-state index in [1.54, 1.807) is 6.08 Å². The van der Waals surface area contributed by atoms with E-state index in [0.29, 0.717) is 0 Å². The van der Waals surface area contributed by atoms with Crippen LogP contribution in [0.5, 0.6) is 0 Å². The van der Waals surface area contributed by atoms with Crippen molar-refractivity contribution in [1.29, 1.82) is 0 Å². The number of hydrogen-bond donors (Lipinski definition) is 1. The number of aliphatic carboxylic acids is 1. The summed E-state index contributed by atoms with van der Waals surface area (Å²) >= 11 is 0. The molecule has 52 heavy (non-hydrogen) atoms. The number of carbonyl (C=O) groups is 1. The Morgan fingerprint density at radius 2 is 0.442 bits per heavy atom. The Hall–Kier alpha value is -0.790. The summed E-state index contributed by atoms with van der Waals surface area (Å²) in [5, 5.41) is 8.58. The van der Waals surface area contributed by atoms with Crippen LogP contribution in [0, 0.1) is 0 Å². The van der Waals surface area contributed by atoms with E-state index in [2.05, 4.69) is 6.92 Å². The average molecular weight is 731 g/mol. The summed E-state index contributed by atoms with van der Waals surface area (Å²) in [7, 11) is 0. The van der Waals surface area contributed by atoms with Crippen LogP contribution in [-0.2, 0) is 4.79 Å². The van der Waals surface area contributed by atoms with E-state index in [0.717, 1.165) is 12.8 Å². The van der Waals surface area contributed by atoms with E-state index >= 15 is 0 Å². The van der Waals surface area contributed by atoms with Gasteiger partial charge in [0.1, 0.15) is 0 Å². The van der Waals surface area contributed by atoms with Crippen LogP contribution in [0.1, 0.15) is 302 Å². The average Bonchev–Trinajstić information content (AvgIpc) is 3.14. The zero-order valence-electron chi connectivity index (χ0n) is 36.0. The second-order valence-electron chi connectivity index (χ2n) is 17.1. The fourth-order valence-corrected chi connectivity index (χ4v) is 8.12. The van der Waals surface area contributed by atoms with Crippen molar-refractivity contribution in [3.63, 3.8) is 0 Å². The van der Waals surface area contributed by atoms with Crippen molar-refractivity contribution >= 4 is 5.97 Å². The van der Waals surface area contributed by atoms with Gasteiger partial charge < -0.3 is 5.11 Å². The summed E-state index contributed by atoms with van der Waals surface area (Å²) < 4.78 is 0. The Kier molecular flexibility index (Phi) is 47.5. The fourth-order valence-electron chi connectivity index (χ4n) is 8.12. The Morgan fingerprint density at radius 1 is 0.288 bits per heavy atom. The molecule has 0 atom stereocenters. The number of allylic oxidation sites excluding steroid dienone is 1. The maximum atomic E-state index is 10.4. The van der Waals surface area contributed by atoms with Crippen LogP contribution in [0.4, 0.5) is 0 Å². The molecule has 0 aliphatic rings. The molecule has 0 amide bonds. The molecule has 0 heterocycles. The quantitative estimate of drug-likeness (QED) is 0.0500. The van der Waals surface area contributed by atoms with Gasteiger partial charge in [-0.2, -0.15) is 0 Å². The highest BCUT2D eigenvalue weighted by molar-refractivity contribution is 5.79. The van der Waals surface area contributed by atoms with Crippen molar-refractivity contribution in [1.82, 2.24) is 0 Å². The van der Waals surface area contributed by atoms with E-state index in [4.69, 9.17) is 5.11 Å². The Labute approximate surface area is 329 Å². The van der Waals surface area contributed by atoms with Crippen LogP contribution in [0.2, 0.25) is 0 Å². The lowest BCUT2D eigenvalue weighted by molar-refractivity contribution is -0.131. The van der Waals surface area contributed by atoms with Crippen LogP contribution in [0.15, 0.2) is 12.2 Å². The van der Waals surface area contributed by atoms with Gasteiger partial charge in [0, 0.05) is 6.08 Å². The first-order valence-electron chi connectivity index (χ1n) is 24.7. The fraction of sp³-hybridized carbons (Fsp3) is 0.940. The molecule has 2 nitrogen and oxygen atoms in total. The van der Waals surface area contributed by atoms with E-state index in [1.807, 2.05) is 0 Å². The van der Waals surface area contributed by atoms with Gasteiger partial charge in [-0.15, -0.1) is 0 Å². The van der Waals surface area contributed by atoms with Gasteiger partial charge >= 0.3 is 5.97 Å². The number of rotatable bonds is 47. The molecule has 0 saturated heterocycles. The monoisotopic (exact) mass is 731 g/mol. The minimum Gasteiger partial charge on any atom is -0.478 e. The Bertz CT molecular complexity index is 669. The summed E-state index contributed by atoms with van der Waals surface area (Å²) in [6.45, 7) is 2.31. The topological polar surface area (TPSA) is 37.3 Å². The SMILES string of the molecule is CCCCCCCCCCCCCCCCCCCCCCCCCCCCCCCCCCCCCCCCCCCCCCCC=CC(=O)O. The molecule has 0 aliphatic heterocycles. The molecule has 0 saturated carbocycles. The molecule has 310 valence electrons. The smallest absolute Gasteiger partial charge is 0.327 e. The lowest BCUT2D eigenvalue weighted by Crippen LogP contribution is -1.86. The molecule has 0 unspecified atom stereocenters. The van der Waals surface area contributed by atoms with Crippen LogP contribution in [0.25, 0.3) is 0 Å². The van der Waals surface area contributed by atoms with Gasteiger partial charge in [-0.05, 0) is 12.8 Å². The zero-order chi connectivity index (χ0) is 37.5. The summed E-state index contributed by atoms with van der Waals surface area (Å²) in [5.41, 5.74) is 0. The largest absolute Gasteiger partial charge is 0.478 e. The maximum absolute atomic E-state index is 10.4. The van der Waals surface area contributed by atoms with Crippen LogP contribution < -0.4 is 0 Å². The Morgan fingerprint density at radius 3 is 0.596 bits per heavy atom. The predicted octanol–water partition coefficient (Wildman–Crippen LogP) is 18.6. The van der Waals surface area contributed by atoms with Gasteiger partial charge in [-0.3, -0.25) is 0 Å². The number of unbranched alkanes of at least 4 members (excludes halogenated alkanes) is 45. The second-order valence-corrected chi connectivity index (χ2v) is 17.1. The molecule has 0 aliphatic carbocycles. The minimum atomic E-state index is -0.827. The molecular formula is C50H98O2. The van der Waals surface area contributed by atoms with Crippen LogP contribution >= 0.6 is 0 Å². The summed E-state index contributed by atoms with van der Waals surface area (Å²) in [6.07, 6.45) is 69.2. The van der Waals surface area contributed by atoms with Crippen molar-refractivity contribution in [2.24, 2.45) is 0 Å². The van der Waals surface area contributed by atoms with E-state index in [-0.39, 0.29) is 0 Å². The molecule has 0 aromatic rings. The maximum Gasteiger partial charge on any atom is 0.327 e. The normalized spacial score (nSPS) is 11.7.